The molecule has 29 heavy (non-hydrogen) atoms. The molecule has 0 radical (unpaired) electrons. The van der Waals surface area contributed by atoms with E-state index in [9.17, 15) is 24.8 Å². The molecule has 0 amide bonds. The van der Waals surface area contributed by atoms with Crippen molar-refractivity contribution < 1.29 is 19.6 Å². The average Bonchev–Trinajstić information content (AvgIpc) is 3.08. The van der Waals surface area contributed by atoms with E-state index >= 15 is 0 Å². The van der Waals surface area contributed by atoms with Gasteiger partial charge in [-0.1, -0.05) is 36.4 Å². The van der Waals surface area contributed by atoms with Crippen LogP contribution in [-0.4, -0.2) is 26.2 Å². The van der Waals surface area contributed by atoms with Crippen LogP contribution >= 0.6 is 0 Å². The quantitative estimate of drug-likeness (QED) is 0.236. The van der Waals surface area contributed by atoms with E-state index in [0.717, 1.165) is 5.56 Å². The summed E-state index contributed by atoms with van der Waals surface area (Å²) in [7, 11) is 0. The van der Waals surface area contributed by atoms with Crippen LogP contribution in [0.3, 0.4) is 0 Å². The minimum atomic E-state index is -1.57. The number of fused-ring (bicyclic) bond motifs is 1. The van der Waals surface area contributed by atoms with E-state index in [0.29, 0.717) is 22.2 Å². The molecule has 0 unspecified atom stereocenters. The van der Waals surface area contributed by atoms with Crippen molar-refractivity contribution in [3.05, 3.63) is 94.8 Å². The maximum Gasteiger partial charge on any atom is 0.378 e. The molecule has 0 saturated heterocycles. The molecule has 0 bridgehead atoms. The summed E-state index contributed by atoms with van der Waals surface area (Å²) in [6, 6.07) is 20.3. The summed E-state index contributed by atoms with van der Waals surface area (Å²) in [6.45, 7) is 0. The van der Waals surface area contributed by atoms with Crippen molar-refractivity contribution in [2.24, 2.45) is 0 Å². The largest absolute Gasteiger partial charge is 0.475 e. The number of Topliss-reactive ketones (excluding diaryl/α,β-unsaturated/α-hetero) is 1. The molecule has 0 aliphatic heterocycles. The van der Waals surface area contributed by atoms with Crippen LogP contribution in [-0.2, 0) is 4.79 Å². The maximum absolute atomic E-state index is 12.6. The lowest BCUT2D eigenvalue weighted by molar-refractivity contribution is -0.384. The van der Waals surface area contributed by atoms with Crippen molar-refractivity contribution in [3.63, 3.8) is 0 Å². The van der Waals surface area contributed by atoms with Crippen molar-refractivity contribution in [2.75, 3.05) is 0 Å². The number of nitro groups is 1. The van der Waals surface area contributed by atoms with E-state index < -0.39 is 16.7 Å². The van der Waals surface area contributed by atoms with E-state index in [4.69, 9.17) is 0 Å². The molecule has 0 fully saturated rings. The first-order chi connectivity index (χ1) is 14.0. The Hall–Kier alpha value is -4.26. The number of hydrogen-bond acceptors (Lipinski definition) is 4. The topological polar surface area (TPSA) is 102 Å². The van der Waals surface area contributed by atoms with Gasteiger partial charge in [0.2, 0.25) is 0 Å². The lowest BCUT2D eigenvalue weighted by Gasteiger charge is -2.07. The molecule has 0 saturated carbocycles. The molecule has 7 heteroatoms. The van der Waals surface area contributed by atoms with Crippen LogP contribution in [0.2, 0.25) is 0 Å². The van der Waals surface area contributed by atoms with Gasteiger partial charge in [0, 0.05) is 29.5 Å². The molecule has 142 valence electrons. The van der Waals surface area contributed by atoms with Gasteiger partial charge in [-0.15, -0.1) is 0 Å². The van der Waals surface area contributed by atoms with Crippen LogP contribution in [0.15, 0.2) is 79.0 Å². The predicted molar refractivity (Wildman–Crippen MR) is 107 cm³/mol. The fraction of sp³-hybridized carbons (Fsp3) is 0. The molecular weight excluding hydrogens is 372 g/mol. The number of nitrogens with zero attached hydrogens (tertiary/aromatic N) is 2. The molecule has 2 aromatic heterocycles. The molecule has 0 aliphatic carbocycles. The Morgan fingerprint density at radius 1 is 0.828 bits per heavy atom. The number of nitro benzene ring substituents is 1. The third-order valence-corrected chi connectivity index (χ3v) is 4.68. The number of pyridine rings is 1. The van der Waals surface area contributed by atoms with Crippen LogP contribution in [0.1, 0.15) is 10.5 Å². The van der Waals surface area contributed by atoms with Crippen molar-refractivity contribution in [3.8, 4) is 22.3 Å². The Morgan fingerprint density at radius 2 is 1.45 bits per heavy atom. The van der Waals surface area contributed by atoms with Crippen molar-refractivity contribution in [2.45, 2.75) is 0 Å². The molecular formula is C22H14N2O5. The van der Waals surface area contributed by atoms with Gasteiger partial charge in [0.05, 0.1) is 10.4 Å². The number of carbonyl (C=O) groups excluding carboxylic acids is 1. The van der Waals surface area contributed by atoms with E-state index in [1.54, 1.807) is 28.8 Å². The Labute approximate surface area is 164 Å². The highest BCUT2D eigenvalue weighted by Crippen LogP contribution is 2.41. The summed E-state index contributed by atoms with van der Waals surface area (Å²) in [6.07, 6.45) is 1.63. The molecule has 1 N–H and O–H groups in total. The first-order valence-corrected chi connectivity index (χ1v) is 8.70. The zero-order valence-corrected chi connectivity index (χ0v) is 15.0. The Balaban J connectivity index is 2.12. The maximum atomic E-state index is 12.6. The Bertz CT molecular complexity index is 1260. The molecule has 4 rings (SSSR count). The number of carboxylic acid groups (broad SMARTS) is 1. The number of ketones is 1. The summed E-state index contributed by atoms with van der Waals surface area (Å²) in [4.78, 5) is 34.7. The fourth-order valence-corrected chi connectivity index (χ4v) is 3.46. The van der Waals surface area contributed by atoms with Gasteiger partial charge in [-0.25, -0.2) is 4.79 Å². The van der Waals surface area contributed by atoms with Crippen molar-refractivity contribution >= 4 is 23.0 Å². The SMILES string of the molecule is O=C(O)C(=O)c1c(-c2ccc([N+](=O)[O-])cc2)c(-c2ccccc2)c2ccccn12. The van der Waals surface area contributed by atoms with Gasteiger partial charge >= 0.3 is 5.97 Å². The first-order valence-electron chi connectivity index (χ1n) is 8.70. The Kier molecular flexibility index (Phi) is 4.40. The molecule has 4 aromatic rings. The normalized spacial score (nSPS) is 10.8. The summed E-state index contributed by atoms with van der Waals surface area (Å²) < 4.78 is 1.55. The number of benzene rings is 2. The van der Waals surface area contributed by atoms with Gasteiger partial charge in [-0.2, -0.15) is 0 Å². The summed E-state index contributed by atoms with van der Waals surface area (Å²) >= 11 is 0. The second-order valence-corrected chi connectivity index (χ2v) is 6.36. The van der Waals surface area contributed by atoms with Crippen LogP contribution in [0.5, 0.6) is 0 Å². The van der Waals surface area contributed by atoms with Crippen LogP contribution in [0, 0.1) is 10.1 Å². The second-order valence-electron chi connectivity index (χ2n) is 6.36. The number of non-ortho nitro benzene ring substituents is 1. The van der Waals surface area contributed by atoms with Gasteiger partial charge in [0.25, 0.3) is 11.5 Å². The van der Waals surface area contributed by atoms with Crippen LogP contribution in [0.4, 0.5) is 5.69 Å². The molecule has 0 aliphatic rings. The molecule has 2 heterocycles. The van der Waals surface area contributed by atoms with E-state index in [2.05, 4.69) is 0 Å². The van der Waals surface area contributed by atoms with Gasteiger partial charge in [-0.3, -0.25) is 14.9 Å². The number of hydrogen-bond donors (Lipinski definition) is 1. The van der Waals surface area contributed by atoms with Crippen molar-refractivity contribution in [1.29, 1.82) is 0 Å². The van der Waals surface area contributed by atoms with Gasteiger partial charge in [0.1, 0.15) is 5.69 Å². The van der Waals surface area contributed by atoms with E-state index in [-0.39, 0.29) is 11.4 Å². The fourth-order valence-electron chi connectivity index (χ4n) is 3.46. The smallest absolute Gasteiger partial charge is 0.378 e. The van der Waals surface area contributed by atoms with Crippen molar-refractivity contribution in [1.82, 2.24) is 4.40 Å². The molecule has 7 nitrogen and oxygen atoms in total. The number of carboxylic acids is 1. The number of rotatable bonds is 5. The molecule has 0 spiro atoms. The van der Waals surface area contributed by atoms with Crippen LogP contribution in [0.25, 0.3) is 27.8 Å². The minimum absolute atomic E-state index is 0.000746. The molecule has 0 atom stereocenters. The second kappa shape index (κ2) is 7.05. The standard InChI is InChI=1S/C22H14N2O5/c25-21(22(26)27)20-19(15-9-11-16(12-10-15)24(28)29)18(14-6-2-1-3-7-14)17-8-4-5-13-23(17)20/h1-13H,(H,26,27). The Morgan fingerprint density at radius 3 is 2.07 bits per heavy atom. The third kappa shape index (κ3) is 3.04. The summed E-state index contributed by atoms with van der Waals surface area (Å²) in [5.41, 5.74) is 2.99. The third-order valence-electron chi connectivity index (χ3n) is 4.68. The molecule has 2 aromatic carbocycles. The number of aromatic nitrogens is 1. The predicted octanol–water partition coefficient (Wildman–Crippen LogP) is 4.45. The lowest BCUT2D eigenvalue weighted by Crippen LogP contribution is -2.16. The highest BCUT2D eigenvalue weighted by atomic mass is 16.6. The highest BCUT2D eigenvalue weighted by molar-refractivity contribution is 6.41. The van der Waals surface area contributed by atoms with E-state index in [1.165, 1.54) is 24.3 Å². The van der Waals surface area contributed by atoms with Crippen LogP contribution < -0.4 is 0 Å². The lowest BCUT2D eigenvalue weighted by atomic mass is 9.94. The van der Waals surface area contributed by atoms with Gasteiger partial charge in [0.15, 0.2) is 0 Å². The summed E-state index contributed by atoms with van der Waals surface area (Å²) in [5.74, 6) is -2.63. The monoisotopic (exact) mass is 386 g/mol. The minimum Gasteiger partial charge on any atom is -0.475 e. The highest BCUT2D eigenvalue weighted by Gasteiger charge is 2.28. The zero-order valence-electron chi connectivity index (χ0n) is 15.0. The zero-order chi connectivity index (χ0) is 20.5. The van der Waals surface area contributed by atoms with Gasteiger partial charge < -0.3 is 9.51 Å². The van der Waals surface area contributed by atoms with Gasteiger partial charge in [-0.05, 0) is 35.4 Å². The number of carbonyl (C=O) groups is 2. The summed E-state index contributed by atoms with van der Waals surface area (Å²) in [5, 5.41) is 20.4. The average molecular weight is 386 g/mol. The first kappa shape index (κ1) is 18.1. The number of aliphatic carboxylic acids is 1. The van der Waals surface area contributed by atoms with E-state index in [1.807, 2.05) is 30.3 Å².